The number of rotatable bonds is 6. The first kappa shape index (κ1) is 22.1. The molecule has 0 aromatic carbocycles. The topological polar surface area (TPSA) is 164 Å². The van der Waals surface area contributed by atoms with Crippen molar-refractivity contribution in [1.29, 1.82) is 0 Å². The van der Waals surface area contributed by atoms with Crippen molar-refractivity contribution in [3.63, 3.8) is 0 Å². The van der Waals surface area contributed by atoms with Crippen molar-refractivity contribution in [3.8, 4) is 0 Å². The lowest BCUT2D eigenvalue weighted by atomic mass is 9.82. The van der Waals surface area contributed by atoms with Crippen molar-refractivity contribution < 1.29 is 54.0 Å². The normalized spacial score (nSPS) is 41.8. The summed E-state index contributed by atoms with van der Waals surface area (Å²) in [5.41, 5.74) is 0.684. The van der Waals surface area contributed by atoms with Crippen LogP contribution in [0.1, 0.15) is 0 Å². The van der Waals surface area contributed by atoms with Gasteiger partial charge in [-0.1, -0.05) is 6.08 Å². The molecule has 9 atom stereocenters. The molecule has 3 rings (SSSR count). The highest BCUT2D eigenvalue weighted by molar-refractivity contribution is 5.89. The largest absolute Gasteiger partial charge is 0.471 e. The number of ether oxygens (including phenoxy) is 5. The van der Waals surface area contributed by atoms with Gasteiger partial charge in [-0.2, -0.15) is 0 Å². The van der Waals surface area contributed by atoms with E-state index in [0.717, 1.165) is 0 Å². The number of hydrogen-bond acceptors (Lipinski definition) is 11. The van der Waals surface area contributed by atoms with E-state index in [1.165, 1.54) is 20.5 Å². The molecule has 29 heavy (non-hydrogen) atoms. The second kappa shape index (κ2) is 9.06. The van der Waals surface area contributed by atoms with Crippen LogP contribution in [0.25, 0.3) is 0 Å². The van der Waals surface area contributed by atoms with Gasteiger partial charge in [-0.15, -0.1) is 0 Å². The van der Waals surface area contributed by atoms with E-state index in [1.807, 2.05) is 0 Å². The fraction of sp³-hybridized carbons (Fsp3) is 0.722. The third-order valence-electron chi connectivity index (χ3n) is 5.52. The Morgan fingerprint density at radius 2 is 1.79 bits per heavy atom. The zero-order valence-electron chi connectivity index (χ0n) is 16.0. The second-order valence-corrected chi connectivity index (χ2v) is 7.05. The van der Waals surface area contributed by atoms with Gasteiger partial charge in [0, 0.05) is 13.0 Å². The molecular weight excluding hydrogens is 392 g/mol. The zero-order valence-corrected chi connectivity index (χ0v) is 16.0. The van der Waals surface area contributed by atoms with Gasteiger partial charge in [0.1, 0.15) is 24.4 Å². The Hall–Kier alpha value is -1.57. The Balaban J connectivity index is 1.87. The fourth-order valence-corrected chi connectivity index (χ4v) is 3.98. The average Bonchev–Trinajstić information content (AvgIpc) is 3.13. The van der Waals surface area contributed by atoms with Crippen molar-refractivity contribution in [1.82, 2.24) is 0 Å². The van der Waals surface area contributed by atoms with Gasteiger partial charge in [0.25, 0.3) is 0 Å². The number of carbonyl (C=O) groups is 1. The summed E-state index contributed by atoms with van der Waals surface area (Å²) in [5.74, 6) is -1.88. The van der Waals surface area contributed by atoms with Gasteiger partial charge in [0.2, 0.25) is 6.29 Å². The number of esters is 1. The molecule has 0 aromatic rings. The number of hydrogen-bond donors (Lipinski definition) is 5. The molecule has 3 aliphatic rings. The van der Waals surface area contributed by atoms with Gasteiger partial charge in [0.15, 0.2) is 6.29 Å². The van der Waals surface area contributed by atoms with Crippen molar-refractivity contribution in [2.75, 3.05) is 27.4 Å². The highest BCUT2D eigenvalue weighted by Crippen LogP contribution is 2.45. The van der Waals surface area contributed by atoms with E-state index >= 15 is 0 Å². The summed E-state index contributed by atoms with van der Waals surface area (Å²) in [7, 11) is 2.68. The van der Waals surface area contributed by atoms with E-state index < -0.39 is 67.5 Å². The highest BCUT2D eigenvalue weighted by atomic mass is 16.8. The van der Waals surface area contributed by atoms with Crippen LogP contribution in [0.5, 0.6) is 0 Å². The van der Waals surface area contributed by atoms with Gasteiger partial charge < -0.3 is 49.2 Å². The molecule has 11 heteroatoms. The quantitative estimate of drug-likeness (QED) is 0.227. The summed E-state index contributed by atoms with van der Waals surface area (Å²) < 4.78 is 26.8. The molecule has 164 valence electrons. The van der Waals surface area contributed by atoms with E-state index in [2.05, 4.69) is 0 Å². The predicted octanol–water partition coefficient (Wildman–Crippen LogP) is -2.60. The van der Waals surface area contributed by atoms with Crippen LogP contribution in [0.2, 0.25) is 0 Å². The van der Waals surface area contributed by atoms with Gasteiger partial charge in [0.05, 0.1) is 44.2 Å². The molecule has 0 saturated carbocycles. The Kier molecular flexibility index (Phi) is 6.91. The Labute approximate surface area is 166 Å². The Morgan fingerprint density at radius 3 is 2.38 bits per heavy atom. The Bertz CT molecular complexity index is 660. The first-order valence-electron chi connectivity index (χ1n) is 9.11. The molecule has 0 spiro atoms. The van der Waals surface area contributed by atoms with E-state index in [9.17, 15) is 30.3 Å². The van der Waals surface area contributed by atoms with E-state index in [1.54, 1.807) is 6.08 Å². The number of carbonyl (C=O) groups excluding carboxylic acids is 1. The molecule has 5 N–H and O–H groups in total. The monoisotopic (exact) mass is 418 g/mol. The lowest BCUT2D eigenvalue weighted by Gasteiger charge is -2.43. The van der Waals surface area contributed by atoms with Crippen LogP contribution in [0.4, 0.5) is 0 Å². The summed E-state index contributed by atoms with van der Waals surface area (Å²) in [6.45, 7) is -0.963. The SMILES string of the molecule is COC(=O)C1=COC(OC2OC(CO)C(O)C(O)C2O)C2C(CO)=CC(OC)C12. The smallest absolute Gasteiger partial charge is 0.337 e. The maximum atomic E-state index is 12.2. The third-order valence-corrected chi connectivity index (χ3v) is 5.52. The van der Waals surface area contributed by atoms with Crippen molar-refractivity contribution in [3.05, 3.63) is 23.5 Å². The maximum Gasteiger partial charge on any atom is 0.337 e. The molecule has 1 aliphatic carbocycles. The first-order valence-corrected chi connectivity index (χ1v) is 9.11. The summed E-state index contributed by atoms with van der Waals surface area (Å²) in [6.07, 6.45) is -6.21. The molecule has 11 nitrogen and oxygen atoms in total. The lowest BCUT2D eigenvalue weighted by molar-refractivity contribution is -0.340. The van der Waals surface area contributed by atoms with Crippen LogP contribution in [-0.4, -0.2) is 102 Å². The van der Waals surface area contributed by atoms with Crippen LogP contribution in [0, 0.1) is 11.8 Å². The molecular formula is C18H26O11. The number of methoxy groups -OCH3 is 2. The van der Waals surface area contributed by atoms with Crippen molar-refractivity contribution >= 4 is 5.97 Å². The second-order valence-electron chi connectivity index (χ2n) is 7.05. The van der Waals surface area contributed by atoms with E-state index in [4.69, 9.17) is 23.7 Å². The third kappa shape index (κ3) is 3.92. The minimum absolute atomic E-state index is 0.192. The molecule has 1 fully saturated rings. The molecule has 1 saturated heterocycles. The molecule has 0 amide bonds. The average molecular weight is 418 g/mol. The number of aliphatic hydroxyl groups is 5. The minimum atomic E-state index is -1.62. The lowest BCUT2D eigenvalue weighted by Crippen LogP contribution is -2.60. The van der Waals surface area contributed by atoms with Gasteiger partial charge in [-0.05, 0) is 5.57 Å². The molecule has 0 bridgehead atoms. The zero-order chi connectivity index (χ0) is 21.3. The first-order chi connectivity index (χ1) is 13.9. The maximum absolute atomic E-state index is 12.2. The van der Waals surface area contributed by atoms with Crippen LogP contribution in [-0.2, 0) is 28.5 Å². The van der Waals surface area contributed by atoms with E-state index in [-0.39, 0.29) is 12.2 Å². The van der Waals surface area contributed by atoms with Gasteiger partial charge >= 0.3 is 5.97 Å². The molecule has 0 radical (unpaired) electrons. The highest BCUT2D eigenvalue weighted by Gasteiger charge is 2.52. The van der Waals surface area contributed by atoms with Crippen LogP contribution in [0.15, 0.2) is 23.5 Å². The summed E-state index contributed by atoms with van der Waals surface area (Å²) in [5, 5.41) is 49.2. The van der Waals surface area contributed by atoms with Gasteiger partial charge in [-0.3, -0.25) is 0 Å². The Morgan fingerprint density at radius 1 is 1.07 bits per heavy atom. The van der Waals surface area contributed by atoms with Crippen molar-refractivity contribution in [2.24, 2.45) is 11.8 Å². The molecule has 9 unspecified atom stereocenters. The standard InChI is InChI=1S/C18H26O11/c1-25-9-3-7(4-19)11-12(9)8(16(24)26-2)6-27-17(11)29-18-15(23)14(22)13(21)10(5-20)28-18/h3,6,9-15,17-23H,4-5H2,1-2H3. The van der Waals surface area contributed by atoms with Crippen molar-refractivity contribution in [2.45, 2.75) is 43.1 Å². The summed E-state index contributed by atoms with van der Waals surface area (Å²) >= 11 is 0. The number of aliphatic hydroxyl groups excluding tert-OH is 5. The van der Waals surface area contributed by atoms with Crippen LogP contribution < -0.4 is 0 Å². The molecule has 0 aromatic heterocycles. The van der Waals surface area contributed by atoms with Crippen LogP contribution in [0.3, 0.4) is 0 Å². The molecule has 2 heterocycles. The minimum Gasteiger partial charge on any atom is -0.471 e. The molecule has 2 aliphatic heterocycles. The predicted molar refractivity (Wildman–Crippen MR) is 92.8 cm³/mol. The number of fused-ring (bicyclic) bond motifs is 1. The summed E-state index contributed by atoms with van der Waals surface area (Å²) in [6, 6.07) is 0. The summed E-state index contributed by atoms with van der Waals surface area (Å²) in [4.78, 5) is 12.2. The van der Waals surface area contributed by atoms with E-state index in [0.29, 0.717) is 5.57 Å². The van der Waals surface area contributed by atoms with Gasteiger partial charge in [-0.25, -0.2) is 4.79 Å². The fourth-order valence-electron chi connectivity index (χ4n) is 3.98. The van der Waals surface area contributed by atoms with Crippen LogP contribution >= 0.6 is 0 Å².